The third-order valence-electron chi connectivity index (χ3n) is 4.34. The average molecular weight is 426 g/mol. The first-order chi connectivity index (χ1) is 13.7. The molecule has 0 atom stereocenters. The van der Waals surface area contributed by atoms with Gasteiger partial charge in [-0.25, -0.2) is 8.42 Å². The van der Waals surface area contributed by atoms with E-state index in [2.05, 4.69) is 5.32 Å². The summed E-state index contributed by atoms with van der Waals surface area (Å²) in [7, 11) is -3.57. The van der Waals surface area contributed by atoms with Gasteiger partial charge in [-0.15, -0.1) is 0 Å². The minimum Gasteiger partial charge on any atom is -0.462 e. The highest BCUT2D eigenvalue weighted by molar-refractivity contribution is 7.89. The summed E-state index contributed by atoms with van der Waals surface area (Å²) in [6.07, 6.45) is -0.308. The fourth-order valence-corrected chi connectivity index (χ4v) is 4.30. The van der Waals surface area contributed by atoms with Gasteiger partial charge in [0.25, 0.3) is 0 Å². The zero-order chi connectivity index (χ0) is 21.4. The highest BCUT2D eigenvalue weighted by Gasteiger charge is 2.29. The second kappa shape index (κ2) is 10.4. The molecule has 0 spiro atoms. The van der Waals surface area contributed by atoms with Crippen LogP contribution in [0.4, 0.5) is 0 Å². The molecule has 1 aliphatic rings. The molecule has 0 saturated carbocycles. The van der Waals surface area contributed by atoms with Crippen molar-refractivity contribution in [2.75, 3.05) is 32.7 Å². The number of hydrogen-bond acceptors (Lipinski definition) is 6. The van der Waals surface area contributed by atoms with Crippen molar-refractivity contribution in [2.24, 2.45) is 0 Å². The van der Waals surface area contributed by atoms with Gasteiger partial charge < -0.3 is 15.0 Å². The molecule has 1 heterocycles. The molecule has 1 fully saturated rings. The van der Waals surface area contributed by atoms with Crippen LogP contribution in [-0.4, -0.2) is 74.2 Å². The van der Waals surface area contributed by atoms with Gasteiger partial charge in [-0.2, -0.15) is 4.31 Å². The minimum atomic E-state index is -3.57. The third kappa shape index (κ3) is 6.82. The van der Waals surface area contributed by atoms with Crippen molar-refractivity contribution >= 4 is 27.8 Å². The first-order valence-corrected chi connectivity index (χ1v) is 10.9. The number of nitrogens with one attached hydrogen (secondary N) is 1. The lowest BCUT2D eigenvalue weighted by Crippen LogP contribution is -2.50. The third-order valence-corrected chi connectivity index (χ3v) is 6.25. The van der Waals surface area contributed by atoms with Gasteiger partial charge in [0.15, 0.2) is 0 Å². The Morgan fingerprint density at radius 2 is 1.66 bits per heavy atom. The van der Waals surface area contributed by atoms with E-state index in [9.17, 15) is 22.8 Å². The second-order valence-electron chi connectivity index (χ2n) is 6.91. The molecule has 9 nitrogen and oxygen atoms in total. The van der Waals surface area contributed by atoms with E-state index in [1.165, 1.54) is 4.31 Å². The van der Waals surface area contributed by atoms with E-state index >= 15 is 0 Å². The van der Waals surface area contributed by atoms with Crippen molar-refractivity contribution in [3.05, 3.63) is 30.3 Å². The number of carbonyl (C=O) groups excluding carboxylic acids is 3. The summed E-state index contributed by atoms with van der Waals surface area (Å²) in [6, 6.07) is 8.17. The summed E-state index contributed by atoms with van der Waals surface area (Å²) in [5.74, 6) is -1.17. The number of benzene rings is 1. The predicted octanol–water partition coefficient (Wildman–Crippen LogP) is 0.368. The van der Waals surface area contributed by atoms with Gasteiger partial charge in [-0.1, -0.05) is 18.2 Å². The van der Waals surface area contributed by atoms with E-state index in [1.54, 1.807) is 49.1 Å². The molecule has 1 N–H and O–H groups in total. The highest BCUT2D eigenvalue weighted by Crippen LogP contribution is 2.17. The number of sulfonamides is 1. The Hall–Kier alpha value is -2.46. The number of rotatable bonds is 8. The molecule has 1 saturated heterocycles. The molecule has 160 valence electrons. The molecular weight excluding hydrogens is 398 g/mol. The Bertz CT molecular complexity index is 818. The van der Waals surface area contributed by atoms with Crippen molar-refractivity contribution in [2.45, 2.75) is 37.7 Å². The number of nitrogens with zero attached hydrogens (tertiary/aromatic N) is 2. The van der Waals surface area contributed by atoms with Gasteiger partial charge in [-0.3, -0.25) is 14.4 Å². The quantitative estimate of drug-likeness (QED) is 0.602. The summed E-state index contributed by atoms with van der Waals surface area (Å²) < 4.78 is 31.5. The van der Waals surface area contributed by atoms with Crippen LogP contribution in [0.2, 0.25) is 0 Å². The average Bonchev–Trinajstić information content (AvgIpc) is 2.70. The smallest absolute Gasteiger partial charge is 0.325 e. The highest BCUT2D eigenvalue weighted by atomic mass is 32.2. The lowest BCUT2D eigenvalue weighted by molar-refractivity contribution is -0.147. The number of ether oxygens (including phenoxy) is 1. The van der Waals surface area contributed by atoms with Gasteiger partial charge in [0, 0.05) is 39.0 Å². The Balaban J connectivity index is 1.74. The molecule has 2 amide bonds. The zero-order valence-electron chi connectivity index (χ0n) is 16.7. The van der Waals surface area contributed by atoms with Gasteiger partial charge >= 0.3 is 5.97 Å². The fraction of sp³-hybridized carbons (Fsp3) is 0.526. The Kier molecular flexibility index (Phi) is 8.15. The molecule has 1 aliphatic heterocycles. The molecule has 1 aromatic carbocycles. The number of hydrogen-bond donors (Lipinski definition) is 1. The largest absolute Gasteiger partial charge is 0.462 e. The summed E-state index contributed by atoms with van der Waals surface area (Å²) in [6.45, 7) is 4.14. The standard InChI is InChI=1S/C19H27N3O6S/c1-15(2)28-19(25)14-20-17(23)8-9-18(24)21-10-12-22(13-11-21)29(26,27)16-6-4-3-5-7-16/h3-7,15H,8-14H2,1-2H3,(H,20,23). The van der Waals surface area contributed by atoms with Crippen LogP contribution in [0.25, 0.3) is 0 Å². The van der Waals surface area contributed by atoms with Crippen molar-refractivity contribution in [1.82, 2.24) is 14.5 Å². The number of amides is 2. The van der Waals surface area contributed by atoms with Crippen LogP contribution < -0.4 is 5.32 Å². The summed E-state index contributed by atoms with van der Waals surface area (Å²) in [4.78, 5) is 37.3. The van der Waals surface area contributed by atoms with Crippen LogP contribution in [0.5, 0.6) is 0 Å². The Labute approximate surface area is 171 Å². The number of piperazine rings is 1. The fourth-order valence-electron chi connectivity index (χ4n) is 2.86. The monoisotopic (exact) mass is 425 g/mol. The molecule has 0 aromatic heterocycles. The van der Waals surface area contributed by atoms with Crippen LogP contribution in [0, 0.1) is 0 Å². The number of carbonyl (C=O) groups is 3. The first kappa shape index (κ1) is 22.8. The van der Waals surface area contributed by atoms with Crippen LogP contribution in [0.15, 0.2) is 35.2 Å². The van der Waals surface area contributed by atoms with E-state index in [1.807, 2.05) is 0 Å². The maximum absolute atomic E-state index is 12.6. The molecule has 0 aliphatic carbocycles. The van der Waals surface area contributed by atoms with E-state index in [4.69, 9.17) is 4.74 Å². The topological polar surface area (TPSA) is 113 Å². The molecule has 0 bridgehead atoms. The Morgan fingerprint density at radius 3 is 2.24 bits per heavy atom. The lowest BCUT2D eigenvalue weighted by atomic mass is 10.2. The second-order valence-corrected chi connectivity index (χ2v) is 8.85. The molecule has 29 heavy (non-hydrogen) atoms. The van der Waals surface area contributed by atoms with Crippen molar-refractivity contribution in [3.8, 4) is 0 Å². The van der Waals surface area contributed by atoms with E-state index in [0.717, 1.165) is 0 Å². The van der Waals surface area contributed by atoms with Crippen LogP contribution >= 0.6 is 0 Å². The normalized spacial score (nSPS) is 15.2. The van der Waals surface area contributed by atoms with Crippen molar-refractivity contribution in [3.63, 3.8) is 0 Å². The van der Waals surface area contributed by atoms with Crippen molar-refractivity contribution in [1.29, 1.82) is 0 Å². The molecule has 0 unspecified atom stereocenters. The molecule has 2 rings (SSSR count). The summed E-state index contributed by atoms with van der Waals surface area (Å²) in [5.41, 5.74) is 0. The summed E-state index contributed by atoms with van der Waals surface area (Å²) in [5, 5.41) is 2.42. The zero-order valence-corrected chi connectivity index (χ0v) is 17.5. The van der Waals surface area contributed by atoms with E-state index in [0.29, 0.717) is 0 Å². The maximum Gasteiger partial charge on any atom is 0.325 e. The maximum atomic E-state index is 12.6. The van der Waals surface area contributed by atoms with Gasteiger partial charge in [-0.05, 0) is 26.0 Å². The van der Waals surface area contributed by atoms with E-state index in [-0.39, 0.29) is 62.5 Å². The molecule has 1 aromatic rings. The Morgan fingerprint density at radius 1 is 1.03 bits per heavy atom. The lowest BCUT2D eigenvalue weighted by Gasteiger charge is -2.34. The minimum absolute atomic E-state index is 0.00348. The van der Waals surface area contributed by atoms with Crippen LogP contribution in [0.3, 0.4) is 0 Å². The molecular formula is C19H27N3O6S. The predicted molar refractivity (Wildman–Crippen MR) is 105 cm³/mol. The first-order valence-electron chi connectivity index (χ1n) is 9.49. The van der Waals surface area contributed by atoms with Gasteiger partial charge in [0.05, 0.1) is 11.0 Å². The van der Waals surface area contributed by atoms with Gasteiger partial charge in [0.1, 0.15) is 6.54 Å². The van der Waals surface area contributed by atoms with Crippen LogP contribution in [0.1, 0.15) is 26.7 Å². The van der Waals surface area contributed by atoms with Crippen molar-refractivity contribution < 1.29 is 27.5 Å². The van der Waals surface area contributed by atoms with E-state index < -0.39 is 21.9 Å². The molecule has 0 radical (unpaired) electrons. The SMILES string of the molecule is CC(C)OC(=O)CNC(=O)CCC(=O)N1CCN(S(=O)(=O)c2ccccc2)CC1. The number of esters is 1. The van der Waals surface area contributed by atoms with Crippen LogP contribution in [-0.2, 0) is 29.1 Å². The summed E-state index contributed by atoms with van der Waals surface area (Å²) >= 11 is 0. The van der Waals surface area contributed by atoms with Gasteiger partial charge in [0.2, 0.25) is 21.8 Å². The molecule has 10 heteroatoms.